The molecule has 0 aliphatic rings. The number of nitrogen functional groups attached to an aromatic ring is 1. The number of carbonyl (C=O) groups is 1. The van der Waals surface area contributed by atoms with Gasteiger partial charge in [0.05, 0.1) is 22.6 Å². The lowest BCUT2D eigenvalue weighted by Gasteiger charge is -2.10. The molecule has 5 nitrogen and oxygen atoms in total. The van der Waals surface area contributed by atoms with Gasteiger partial charge in [0, 0.05) is 17.3 Å². The van der Waals surface area contributed by atoms with E-state index in [1.54, 1.807) is 36.4 Å². The maximum absolute atomic E-state index is 13.1. The predicted octanol–water partition coefficient (Wildman–Crippen LogP) is 4.78. The molecule has 4 aromatic rings. The van der Waals surface area contributed by atoms with Gasteiger partial charge in [-0.3, -0.25) is 9.78 Å². The number of amides is 1. The summed E-state index contributed by atoms with van der Waals surface area (Å²) in [5.74, 6) is -0.458. The van der Waals surface area contributed by atoms with Gasteiger partial charge in [0.15, 0.2) is 5.82 Å². The SMILES string of the molecule is Nc1ccc(-c2ccc(F)cc2)nc1NC(=O)c1ccc(-c2ccccc2)nc1. The minimum Gasteiger partial charge on any atom is -0.396 e. The number of anilines is 2. The van der Waals surface area contributed by atoms with Crippen LogP contribution in [0.1, 0.15) is 10.4 Å². The highest BCUT2D eigenvalue weighted by molar-refractivity contribution is 6.05. The van der Waals surface area contributed by atoms with Crippen molar-refractivity contribution in [3.8, 4) is 22.5 Å². The van der Waals surface area contributed by atoms with Gasteiger partial charge in [0.2, 0.25) is 0 Å². The maximum Gasteiger partial charge on any atom is 0.258 e. The molecule has 0 unspecified atom stereocenters. The van der Waals surface area contributed by atoms with Crippen molar-refractivity contribution in [1.82, 2.24) is 9.97 Å². The molecule has 0 fully saturated rings. The molecule has 2 heterocycles. The van der Waals surface area contributed by atoms with Gasteiger partial charge in [-0.15, -0.1) is 0 Å². The molecule has 0 spiro atoms. The van der Waals surface area contributed by atoms with E-state index in [0.717, 1.165) is 16.8 Å². The molecule has 142 valence electrons. The second-order valence-corrected chi connectivity index (χ2v) is 6.39. The first-order valence-electron chi connectivity index (χ1n) is 8.95. The third-order valence-electron chi connectivity index (χ3n) is 4.39. The topological polar surface area (TPSA) is 80.9 Å². The van der Waals surface area contributed by atoms with Crippen LogP contribution in [0.3, 0.4) is 0 Å². The Bertz CT molecular complexity index is 1140. The van der Waals surface area contributed by atoms with E-state index in [-0.39, 0.29) is 17.5 Å². The second kappa shape index (κ2) is 7.90. The molecule has 29 heavy (non-hydrogen) atoms. The van der Waals surface area contributed by atoms with Gasteiger partial charge < -0.3 is 11.1 Å². The lowest BCUT2D eigenvalue weighted by atomic mass is 10.1. The zero-order valence-corrected chi connectivity index (χ0v) is 15.3. The summed E-state index contributed by atoms with van der Waals surface area (Å²) in [5.41, 5.74) is 9.72. The summed E-state index contributed by atoms with van der Waals surface area (Å²) in [6, 6.07) is 22.5. The van der Waals surface area contributed by atoms with Crippen LogP contribution >= 0.6 is 0 Å². The average Bonchev–Trinajstić information content (AvgIpc) is 2.76. The van der Waals surface area contributed by atoms with E-state index in [4.69, 9.17) is 5.73 Å². The molecule has 2 aromatic carbocycles. The third-order valence-corrected chi connectivity index (χ3v) is 4.39. The van der Waals surface area contributed by atoms with E-state index in [0.29, 0.717) is 16.9 Å². The molecule has 0 atom stereocenters. The number of halogens is 1. The lowest BCUT2D eigenvalue weighted by Crippen LogP contribution is -2.15. The largest absolute Gasteiger partial charge is 0.396 e. The summed E-state index contributed by atoms with van der Waals surface area (Å²) in [7, 11) is 0. The summed E-state index contributed by atoms with van der Waals surface area (Å²) in [6.07, 6.45) is 1.51. The summed E-state index contributed by atoms with van der Waals surface area (Å²) in [6.45, 7) is 0. The van der Waals surface area contributed by atoms with E-state index in [2.05, 4.69) is 15.3 Å². The van der Waals surface area contributed by atoms with Gasteiger partial charge in [-0.25, -0.2) is 9.37 Å². The Morgan fingerprint density at radius 3 is 2.21 bits per heavy atom. The van der Waals surface area contributed by atoms with Gasteiger partial charge in [-0.2, -0.15) is 0 Å². The minimum atomic E-state index is -0.368. The zero-order valence-electron chi connectivity index (χ0n) is 15.3. The molecule has 0 radical (unpaired) electrons. The molecule has 0 aliphatic heterocycles. The van der Waals surface area contributed by atoms with Crippen LogP contribution in [0.5, 0.6) is 0 Å². The predicted molar refractivity (Wildman–Crippen MR) is 112 cm³/mol. The number of nitrogens with one attached hydrogen (secondary N) is 1. The van der Waals surface area contributed by atoms with Gasteiger partial charge >= 0.3 is 0 Å². The van der Waals surface area contributed by atoms with E-state index < -0.39 is 0 Å². The normalized spacial score (nSPS) is 10.5. The smallest absolute Gasteiger partial charge is 0.258 e. The average molecular weight is 384 g/mol. The van der Waals surface area contributed by atoms with E-state index in [1.165, 1.54) is 18.3 Å². The Morgan fingerprint density at radius 1 is 0.828 bits per heavy atom. The quantitative estimate of drug-likeness (QED) is 0.530. The molecule has 2 aromatic heterocycles. The van der Waals surface area contributed by atoms with Crippen molar-refractivity contribution in [2.24, 2.45) is 0 Å². The molecule has 0 aliphatic carbocycles. The Hall–Kier alpha value is -4.06. The van der Waals surface area contributed by atoms with E-state index >= 15 is 0 Å². The number of rotatable bonds is 4. The van der Waals surface area contributed by atoms with Crippen LogP contribution in [0, 0.1) is 5.82 Å². The van der Waals surface area contributed by atoms with Crippen molar-refractivity contribution in [2.75, 3.05) is 11.1 Å². The Kier molecular flexibility index (Phi) is 4.99. The second-order valence-electron chi connectivity index (χ2n) is 6.39. The van der Waals surface area contributed by atoms with Crippen molar-refractivity contribution in [1.29, 1.82) is 0 Å². The van der Waals surface area contributed by atoms with Crippen molar-refractivity contribution in [3.63, 3.8) is 0 Å². The number of hydrogen-bond donors (Lipinski definition) is 2. The van der Waals surface area contributed by atoms with E-state index in [1.807, 2.05) is 30.3 Å². The highest BCUT2D eigenvalue weighted by Gasteiger charge is 2.12. The molecule has 3 N–H and O–H groups in total. The maximum atomic E-state index is 13.1. The van der Waals surface area contributed by atoms with Crippen LogP contribution < -0.4 is 11.1 Å². The molecule has 0 saturated heterocycles. The molecular weight excluding hydrogens is 367 g/mol. The fourth-order valence-corrected chi connectivity index (χ4v) is 2.84. The van der Waals surface area contributed by atoms with E-state index in [9.17, 15) is 9.18 Å². The zero-order chi connectivity index (χ0) is 20.2. The highest BCUT2D eigenvalue weighted by Crippen LogP contribution is 2.24. The van der Waals surface area contributed by atoms with Gasteiger partial charge in [0.1, 0.15) is 5.82 Å². The highest BCUT2D eigenvalue weighted by atomic mass is 19.1. The number of nitrogens with two attached hydrogens (primary N) is 1. The fourth-order valence-electron chi connectivity index (χ4n) is 2.84. The molecule has 0 bridgehead atoms. The monoisotopic (exact) mass is 384 g/mol. The van der Waals surface area contributed by atoms with Crippen LogP contribution in [-0.2, 0) is 0 Å². The molecule has 1 amide bonds. The Morgan fingerprint density at radius 2 is 1.52 bits per heavy atom. The summed E-state index contributed by atoms with van der Waals surface area (Å²) in [4.78, 5) is 21.4. The number of nitrogens with zero attached hydrogens (tertiary/aromatic N) is 2. The summed E-state index contributed by atoms with van der Waals surface area (Å²) >= 11 is 0. The Labute approximate surface area is 167 Å². The van der Waals surface area contributed by atoms with Gasteiger partial charge in [-0.1, -0.05) is 30.3 Å². The van der Waals surface area contributed by atoms with Gasteiger partial charge in [0.25, 0.3) is 5.91 Å². The van der Waals surface area contributed by atoms with Crippen molar-refractivity contribution in [3.05, 3.63) is 96.4 Å². The van der Waals surface area contributed by atoms with Crippen LogP contribution in [0.4, 0.5) is 15.9 Å². The summed E-state index contributed by atoms with van der Waals surface area (Å²) in [5, 5.41) is 2.72. The summed E-state index contributed by atoms with van der Waals surface area (Å²) < 4.78 is 13.1. The third kappa shape index (κ3) is 4.11. The molecular formula is C23H17FN4O. The Balaban J connectivity index is 1.55. The van der Waals surface area contributed by atoms with Crippen molar-refractivity contribution in [2.45, 2.75) is 0 Å². The van der Waals surface area contributed by atoms with Gasteiger partial charge in [-0.05, 0) is 48.5 Å². The van der Waals surface area contributed by atoms with Crippen LogP contribution in [0.25, 0.3) is 22.5 Å². The van der Waals surface area contributed by atoms with Crippen LogP contribution in [-0.4, -0.2) is 15.9 Å². The first-order chi connectivity index (χ1) is 14.1. The minimum absolute atomic E-state index is 0.240. The fraction of sp³-hybridized carbons (Fsp3) is 0. The lowest BCUT2D eigenvalue weighted by molar-refractivity contribution is 0.102. The van der Waals surface area contributed by atoms with Crippen molar-refractivity contribution < 1.29 is 9.18 Å². The molecule has 6 heteroatoms. The standard InChI is InChI=1S/C23H17FN4O/c24-18-9-6-16(7-10-18)21-13-11-19(25)22(27-21)28-23(29)17-8-12-20(26-14-17)15-4-2-1-3-5-15/h1-14H,25H2,(H,27,28,29). The molecule has 0 saturated carbocycles. The first-order valence-corrected chi connectivity index (χ1v) is 8.95. The first kappa shape index (κ1) is 18.3. The number of hydrogen-bond acceptors (Lipinski definition) is 4. The number of benzene rings is 2. The van der Waals surface area contributed by atoms with Crippen LogP contribution in [0.15, 0.2) is 85.1 Å². The van der Waals surface area contributed by atoms with Crippen LogP contribution in [0.2, 0.25) is 0 Å². The van der Waals surface area contributed by atoms with Crippen molar-refractivity contribution >= 4 is 17.4 Å². The number of carbonyl (C=O) groups excluding carboxylic acids is 1. The number of pyridine rings is 2. The molecule has 4 rings (SSSR count). The number of aromatic nitrogens is 2.